The maximum absolute atomic E-state index is 11.4. The van der Waals surface area contributed by atoms with Crippen LogP contribution in [-0.2, 0) is 4.79 Å². The van der Waals surface area contributed by atoms with Crippen LogP contribution in [0.3, 0.4) is 0 Å². The molecule has 0 bridgehead atoms. The second-order valence-electron chi connectivity index (χ2n) is 5.09. The zero-order valence-electron chi connectivity index (χ0n) is 10.5. The van der Waals surface area contributed by atoms with Crippen molar-refractivity contribution in [2.45, 2.75) is 52.0 Å². The van der Waals surface area contributed by atoms with E-state index in [1.165, 1.54) is 25.7 Å². The summed E-state index contributed by atoms with van der Waals surface area (Å²) < 4.78 is 0.765. The molecule has 0 aromatic heterocycles. The van der Waals surface area contributed by atoms with Crippen LogP contribution in [0.15, 0.2) is 0 Å². The van der Waals surface area contributed by atoms with Crippen molar-refractivity contribution < 1.29 is 9.28 Å². The average molecular weight is 200 g/mol. The third-order valence-corrected chi connectivity index (χ3v) is 2.74. The van der Waals surface area contributed by atoms with Gasteiger partial charge in [-0.25, -0.2) is 0 Å². The maximum atomic E-state index is 11.4. The molecule has 0 fully saturated rings. The molecule has 0 N–H and O–H groups in total. The second kappa shape index (κ2) is 6.18. The highest BCUT2D eigenvalue weighted by atomic mass is 16.1. The molecular weight excluding hydrogens is 174 g/mol. The smallest absolute Gasteiger partial charge is 0.186 e. The van der Waals surface area contributed by atoms with Crippen LogP contribution < -0.4 is 0 Å². The molecule has 0 rings (SSSR count). The van der Waals surface area contributed by atoms with Crippen LogP contribution in [-0.4, -0.2) is 37.5 Å². The van der Waals surface area contributed by atoms with Crippen molar-refractivity contribution in [1.82, 2.24) is 0 Å². The molecule has 14 heavy (non-hydrogen) atoms. The number of Topliss-reactive ketones (excluding diaryl/α,β-unsaturated/α-hetero) is 1. The molecule has 0 radical (unpaired) electrons. The molecule has 0 aliphatic rings. The minimum Gasteiger partial charge on any atom is -0.322 e. The molecule has 2 heteroatoms. The number of likely N-dealkylation sites (N-methyl/N-ethyl adjacent to an activating group) is 1. The van der Waals surface area contributed by atoms with E-state index in [2.05, 4.69) is 28.1 Å². The third-order valence-electron chi connectivity index (χ3n) is 2.74. The fraction of sp³-hybridized carbons (Fsp3) is 0.917. The molecule has 0 amide bonds. The van der Waals surface area contributed by atoms with Gasteiger partial charge in [-0.15, -0.1) is 0 Å². The van der Waals surface area contributed by atoms with Gasteiger partial charge in [0.15, 0.2) is 5.78 Å². The Labute approximate surface area is 88.9 Å². The predicted molar refractivity (Wildman–Crippen MR) is 61.3 cm³/mol. The number of hydrogen-bond donors (Lipinski definition) is 0. The lowest BCUT2D eigenvalue weighted by Gasteiger charge is -2.32. The number of carbonyl (C=O) groups is 1. The van der Waals surface area contributed by atoms with Gasteiger partial charge < -0.3 is 4.48 Å². The van der Waals surface area contributed by atoms with Crippen molar-refractivity contribution >= 4 is 5.78 Å². The van der Waals surface area contributed by atoms with Crippen molar-refractivity contribution in [2.24, 2.45) is 0 Å². The summed E-state index contributed by atoms with van der Waals surface area (Å²) in [6.07, 6.45) is 6.05. The second-order valence-corrected chi connectivity index (χ2v) is 5.09. The average Bonchev–Trinajstić information content (AvgIpc) is 2.01. The Balaban J connectivity index is 3.94. The van der Waals surface area contributed by atoms with E-state index in [0.717, 1.165) is 10.9 Å². The highest BCUT2D eigenvalue weighted by Gasteiger charge is 2.27. The monoisotopic (exact) mass is 200 g/mol. The van der Waals surface area contributed by atoms with E-state index in [4.69, 9.17) is 0 Å². The molecule has 0 spiro atoms. The fourth-order valence-electron chi connectivity index (χ4n) is 1.90. The molecule has 0 saturated carbocycles. The summed E-state index contributed by atoms with van der Waals surface area (Å²) >= 11 is 0. The molecule has 1 atom stereocenters. The van der Waals surface area contributed by atoms with E-state index in [1.807, 2.05) is 0 Å². The summed E-state index contributed by atoms with van der Waals surface area (Å²) in [6.45, 7) is 3.93. The molecule has 84 valence electrons. The molecule has 0 aromatic rings. The first kappa shape index (κ1) is 13.6. The first-order chi connectivity index (χ1) is 6.39. The number of quaternary nitrogens is 1. The lowest BCUT2D eigenvalue weighted by atomic mass is 10.0. The number of nitrogens with zero attached hydrogens (tertiary/aromatic N) is 1. The number of carbonyl (C=O) groups excluding carboxylic acids is 1. The summed E-state index contributed by atoms with van der Waals surface area (Å²) in [7, 11) is 6.31. The van der Waals surface area contributed by atoms with Crippen molar-refractivity contribution in [2.75, 3.05) is 21.1 Å². The van der Waals surface area contributed by atoms with Gasteiger partial charge in [0.1, 0.15) is 6.04 Å². The van der Waals surface area contributed by atoms with Crippen LogP contribution >= 0.6 is 0 Å². The Morgan fingerprint density at radius 2 is 1.71 bits per heavy atom. The van der Waals surface area contributed by atoms with Gasteiger partial charge in [0.25, 0.3) is 0 Å². The number of unbranched alkanes of at least 4 members (excludes halogenated alkanes) is 3. The number of rotatable bonds is 7. The standard InChI is InChI=1S/C12H26NO/c1-6-7-8-9-10-12(11(2)14)13(3,4)5/h12H,6-10H2,1-5H3/q+1. The fourth-order valence-corrected chi connectivity index (χ4v) is 1.90. The largest absolute Gasteiger partial charge is 0.322 e. The lowest BCUT2D eigenvalue weighted by Crippen LogP contribution is -2.48. The van der Waals surface area contributed by atoms with E-state index >= 15 is 0 Å². The van der Waals surface area contributed by atoms with Gasteiger partial charge in [0, 0.05) is 13.3 Å². The van der Waals surface area contributed by atoms with Gasteiger partial charge in [0.05, 0.1) is 21.1 Å². The van der Waals surface area contributed by atoms with Crippen LogP contribution in [0.2, 0.25) is 0 Å². The van der Waals surface area contributed by atoms with Gasteiger partial charge >= 0.3 is 0 Å². The van der Waals surface area contributed by atoms with Crippen LogP contribution in [0, 0.1) is 0 Å². The van der Waals surface area contributed by atoms with Gasteiger partial charge in [-0.2, -0.15) is 0 Å². The summed E-state index contributed by atoms with van der Waals surface area (Å²) in [5.41, 5.74) is 0. The first-order valence-corrected chi connectivity index (χ1v) is 5.71. The Morgan fingerprint density at radius 1 is 1.14 bits per heavy atom. The summed E-state index contributed by atoms with van der Waals surface area (Å²) in [6, 6.07) is 0.187. The molecule has 0 saturated heterocycles. The molecule has 0 aliphatic carbocycles. The van der Waals surface area contributed by atoms with Crippen molar-refractivity contribution in [3.05, 3.63) is 0 Å². The predicted octanol–water partition coefficient (Wildman–Crippen LogP) is 2.62. The summed E-state index contributed by atoms with van der Waals surface area (Å²) in [5, 5.41) is 0. The quantitative estimate of drug-likeness (QED) is 0.456. The van der Waals surface area contributed by atoms with Crippen molar-refractivity contribution in [3.8, 4) is 0 Å². The molecule has 0 aliphatic heterocycles. The third kappa shape index (κ3) is 5.38. The Kier molecular flexibility index (Phi) is 6.01. The van der Waals surface area contributed by atoms with Crippen LogP contribution in [0.25, 0.3) is 0 Å². The van der Waals surface area contributed by atoms with Gasteiger partial charge in [-0.1, -0.05) is 26.2 Å². The van der Waals surface area contributed by atoms with Crippen molar-refractivity contribution in [3.63, 3.8) is 0 Å². The van der Waals surface area contributed by atoms with Crippen molar-refractivity contribution in [1.29, 1.82) is 0 Å². The maximum Gasteiger partial charge on any atom is 0.186 e. The van der Waals surface area contributed by atoms with Gasteiger partial charge in [-0.05, 0) is 6.42 Å². The highest BCUT2D eigenvalue weighted by molar-refractivity contribution is 5.80. The number of ketones is 1. The topological polar surface area (TPSA) is 17.1 Å². The minimum atomic E-state index is 0.187. The lowest BCUT2D eigenvalue weighted by molar-refractivity contribution is -0.886. The zero-order valence-corrected chi connectivity index (χ0v) is 10.5. The minimum absolute atomic E-state index is 0.187. The van der Waals surface area contributed by atoms with Crippen LogP contribution in [0.1, 0.15) is 46.0 Å². The van der Waals surface area contributed by atoms with Crippen LogP contribution in [0.4, 0.5) is 0 Å². The summed E-state index contributed by atoms with van der Waals surface area (Å²) in [4.78, 5) is 11.4. The normalized spacial score (nSPS) is 14.1. The first-order valence-electron chi connectivity index (χ1n) is 5.71. The van der Waals surface area contributed by atoms with E-state index in [9.17, 15) is 4.79 Å². The highest BCUT2D eigenvalue weighted by Crippen LogP contribution is 2.14. The van der Waals surface area contributed by atoms with E-state index in [-0.39, 0.29) is 6.04 Å². The molecule has 2 nitrogen and oxygen atoms in total. The Bertz CT molecular complexity index is 170. The molecule has 0 aromatic carbocycles. The molecular formula is C12H26NO+. The molecule has 1 unspecified atom stereocenters. The summed E-state index contributed by atoms with van der Waals surface area (Å²) in [5.74, 6) is 0.328. The SMILES string of the molecule is CCCCCCC(C(C)=O)[N+](C)(C)C. The molecule has 0 heterocycles. The van der Waals surface area contributed by atoms with Gasteiger partial charge in [-0.3, -0.25) is 4.79 Å². The van der Waals surface area contributed by atoms with E-state index < -0.39 is 0 Å². The zero-order chi connectivity index (χ0) is 11.2. The van der Waals surface area contributed by atoms with E-state index in [1.54, 1.807) is 6.92 Å². The Hall–Kier alpha value is -0.370. The Morgan fingerprint density at radius 3 is 2.07 bits per heavy atom. The number of hydrogen-bond acceptors (Lipinski definition) is 1. The van der Waals surface area contributed by atoms with Gasteiger partial charge in [0.2, 0.25) is 0 Å². The van der Waals surface area contributed by atoms with Crippen LogP contribution in [0.5, 0.6) is 0 Å². The van der Waals surface area contributed by atoms with E-state index in [0.29, 0.717) is 5.78 Å².